The van der Waals surface area contributed by atoms with E-state index in [9.17, 15) is 4.39 Å². The van der Waals surface area contributed by atoms with Crippen LogP contribution in [0.5, 0.6) is 0 Å². The molecule has 0 fully saturated rings. The van der Waals surface area contributed by atoms with Crippen LogP contribution in [0.4, 0.5) is 10.2 Å². The maximum atomic E-state index is 13.8. The maximum Gasteiger partial charge on any atom is 0.131 e. The number of benzene rings is 2. The van der Waals surface area contributed by atoms with Crippen molar-refractivity contribution in [1.29, 1.82) is 0 Å². The maximum absolute atomic E-state index is 13.8. The highest BCUT2D eigenvalue weighted by Crippen LogP contribution is 2.30. The molecule has 0 unspecified atom stereocenters. The number of aliphatic hydroxyl groups is 1. The van der Waals surface area contributed by atoms with E-state index in [0.717, 1.165) is 10.9 Å². The van der Waals surface area contributed by atoms with Crippen LogP contribution in [0.2, 0.25) is 0 Å². The van der Waals surface area contributed by atoms with Gasteiger partial charge in [0.15, 0.2) is 0 Å². The van der Waals surface area contributed by atoms with Gasteiger partial charge in [0.2, 0.25) is 0 Å². The number of halogens is 1. The molecular weight excluding hydrogens is 257 g/mol. The average Bonchev–Trinajstić information content (AvgIpc) is 2.81. The number of nitrogens with two attached hydrogens (primary N) is 1. The lowest BCUT2D eigenvalue weighted by Crippen LogP contribution is -2.07. The summed E-state index contributed by atoms with van der Waals surface area (Å²) in [7, 11) is 0. The Hall–Kier alpha value is -2.40. The first-order chi connectivity index (χ1) is 9.70. The van der Waals surface area contributed by atoms with E-state index in [0.29, 0.717) is 23.4 Å². The zero-order valence-electron chi connectivity index (χ0n) is 10.8. The van der Waals surface area contributed by atoms with E-state index in [1.165, 1.54) is 10.7 Å². The minimum atomic E-state index is -0.257. The largest absolute Gasteiger partial charge is 0.394 e. The number of rotatable bonds is 3. The van der Waals surface area contributed by atoms with Crippen LogP contribution in [0.3, 0.4) is 0 Å². The second-order valence-corrected chi connectivity index (χ2v) is 4.54. The number of nitrogens with zero attached hydrogens (tertiary/aromatic N) is 2. The first-order valence-corrected chi connectivity index (χ1v) is 6.32. The van der Waals surface area contributed by atoms with Crippen LogP contribution in [0, 0.1) is 5.82 Å². The zero-order chi connectivity index (χ0) is 14.1. The molecule has 3 N–H and O–H groups in total. The van der Waals surface area contributed by atoms with Gasteiger partial charge in [-0.2, -0.15) is 5.10 Å². The minimum absolute atomic E-state index is 0.0323. The molecule has 3 rings (SSSR count). The van der Waals surface area contributed by atoms with Crippen LogP contribution in [0.15, 0.2) is 42.5 Å². The van der Waals surface area contributed by atoms with Gasteiger partial charge in [0.05, 0.1) is 18.8 Å². The van der Waals surface area contributed by atoms with Gasteiger partial charge in [-0.15, -0.1) is 0 Å². The fraction of sp³-hybridized carbons (Fsp3) is 0.133. The highest BCUT2D eigenvalue weighted by atomic mass is 19.1. The Morgan fingerprint density at radius 1 is 1.15 bits per heavy atom. The van der Waals surface area contributed by atoms with Crippen LogP contribution in [0.1, 0.15) is 0 Å². The smallest absolute Gasteiger partial charge is 0.131 e. The van der Waals surface area contributed by atoms with Crippen molar-refractivity contribution < 1.29 is 9.50 Å². The summed E-state index contributed by atoms with van der Waals surface area (Å²) in [4.78, 5) is 0. The predicted octanol–water partition coefficient (Wildman–Crippen LogP) is 2.42. The molecule has 0 bridgehead atoms. The molecule has 0 saturated heterocycles. The summed E-state index contributed by atoms with van der Waals surface area (Å²) in [5, 5.41) is 14.7. The molecule has 0 aliphatic carbocycles. The SMILES string of the molecule is Nc1cc(-c2ccc(F)c3ccccc23)nn1CCO. The molecule has 0 aliphatic heterocycles. The Labute approximate surface area is 115 Å². The minimum Gasteiger partial charge on any atom is -0.394 e. The van der Waals surface area contributed by atoms with E-state index in [1.807, 2.05) is 12.1 Å². The van der Waals surface area contributed by atoms with Gasteiger partial charge >= 0.3 is 0 Å². The molecule has 4 nitrogen and oxygen atoms in total. The van der Waals surface area contributed by atoms with Crippen molar-refractivity contribution in [2.75, 3.05) is 12.3 Å². The summed E-state index contributed by atoms with van der Waals surface area (Å²) in [6, 6.07) is 12.1. The summed E-state index contributed by atoms with van der Waals surface area (Å²) in [5.74, 6) is 0.217. The summed E-state index contributed by atoms with van der Waals surface area (Å²) in [6.45, 7) is 0.306. The second-order valence-electron chi connectivity index (χ2n) is 4.54. The molecule has 0 spiro atoms. The van der Waals surface area contributed by atoms with Gasteiger partial charge in [0.1, 0.15) is 11.6 Å². The third-order valence-corrected chi connectivity index (χ3v) is 3.27. The van der Waals surface area contributed by atoms with Crippen LogP contribution < -0.4 is 5.73 Å². The number of anilines is 1. The Bertz CT molecular complexity index is 767. The fourth-order valence-electron chi connectivity index (χ4n) is 2.32. The van der Waals surface area contributed by atoms with Crippen molar-refractivity contribution in [3.05, 3.63) is 48.3 Å². The highest BCUT2D eigenvalue weighted by Gasteiger charge is 2.11. The number of aromatic nitrogens is 2. The highest BCUT2D eigenvalue weighted by molar-refractivity contribution is 5.96. The van der Waals surface area contributed by atoms with Crippen LogP contribution in [-0.4, -0.2) is 21.5 Å². The van der Waals surface area contributed by atoms with E-state index >= 15 is 0 Å². The van der Waals surface area contributed by atoms with Crippen molar-refractivity contribution in [2.24, 2.45) is 0 Å². The lowest BCUT2D eigenvalue weighted by atomic mass is 10.0. The summed E-state index contributed by atoms with van der Waals surface area (Å²) in [6.07, 6.45) is 0. The molecule has 1 aromatic heterocycles. The monoisotopic (exact) mass is 271 g/mol. The van der Waals surface area contributed by atoms with Crippen molar-refractivity contribution in [1.82, 2.24) is 9.78 Å². The molecule has 0 aliphatic rings. The Balaban J connectivity index is 2.20. The van der Waals surface area contributed by atoms with Gasteiger partial charge in [-0.1, -0.05) is 24.3 Å². The third-order valence-electron chi connectivity index (χ3n) is 3.27. The lowest BCUT2D eigenvalue weighted by molar-refractivity contribution is 0.270. The predicted molar refractivity (Wildman–Crippen MR) is 76.6 cm³/mol. The van der Waals surface area contributed by atoms with E-state index < -0.39 is 0 Å². The average molecular weight is 271 g/mol. The van der Waals surface area contributed by atoms with Gasteiger partial charge in [0.25, 0.3) is 0 Å². The van der Waals surface area contributed by atoms with Gasteiger partial charge in [-0.05, 0) is 17.5 Å². The molecule has 20 heavy (non-hydrogen) atoms. The first-order valence-electron chi connectivity index (χ1n) is 6.32. The van der Waals surface area contributed by atoms with Crippen LogP contribution in [-0.2, 0) is 6.54 Å². The molecule has 3 aromatic rings. The molecule has 102 valence electrons. The molecular formula is C15H14FN3O. The van der Waals surface area contributed by atoms with Crippen molar-refractivity contribution in [3.63, 3.8) is 0 Å². The number of hydrogen-bond donors (Lipinski definition) is 2. The van der Waals surface area contributed by atoms with Gasteiger partial charge in [0, 0.05) is 17.0 Å². The molecule has 0 atom stereocenters. The van der Waals surface area contributed by atoms with Gasteiger partial charge in [-0.3, -0.25) is 0 Å². The molecule has 0 radical (unpaired) electrons. The molecule has 1 heterocycles. The van der Waals surface area contributed by atoms with Gasteiger partial charge in [-0.25, -0.2) is 9.07 Å². The Morgan fingerprint density at radius 3 is 2.65 bits per heavy atom. The van der Waals surface area contributed by atoms with Crippen molar-refractivity contribution in [3.8, 4) is 11.3 Å². The number of fused-ring (bicyclic) bond motifs is 1. The second kappa shape index (κ2) is 4.94. The summed E-state index contributed by atoms with van der Waals surface area (Å²) < 4.78 is 15.3. The molecule has 5 heteroatoms. The van der Waals surface area contributed by atoms with E-state index in [-0.39, 0.29) is 12.4 Å². The normalized spacial score (nSPS) is 11.1. The first kappa shape index (κ1) is 12.6. The lowest BCUT2D eigenvalue weighted by Gasteiger charge is -2.05. The number of nitrogen functional groups attached to an aromatic ring is 1. The zero-order valence-corrected chi connectivity index (χ0v) is 10.8. The van der Waals surface area contributed by atoms with Crippen LogP contribution >= 0.6 is 0 Å². The van der Waals surface area contributed by atoms with Crippen molar-refractivity contribution in [2.45, 2.75) is 6.54 Å². The fourth-order valence-corrected chi connectivity index (χ4v) is 2.32. The standard InChI is InChI=1S/C15H14FN3O/c16-13-6-5-12(10-3-1-2-4-11(10)13)14-9-15(17)19(18-14)7-8-20/h1-6,9,20H,7-8,17H2. The van der Waals surface area contributed by atoms with Crippen molar-refractivity contribution >= 4 is 16.6 Å². The van der Waals surface area contributed by atoms with E-state index in [4.69, 9.17) is 10.8 Å². The van der Waals surface area contributed by atoms with E-state index in [1.54, 1.807) is 24.3 Å². The van der Waals surface area contributed by atoms with E-state index in [2.05, 4.69) is 5.10 Å². The molecule has 0 saturated carbocycles. The topological polar surface area (TPSA) is 64.1 Å². The Kier molecular flexibility index (Phi) is 3.12. The van der Waals surface area contributed by atoms with Gasteiger partial charge < -0.3 is 10.8 Å². The number of hydrogen-bond acceptors (Lipinski definition) is 3. The van der Waals surface area contributed by atoms with Crippen LogP contribution in [0.25, 0.3) is 22.0 Å². The Morgan fingerprint density at radius 2 is 1.90 bits per heavy atom. The summed E-state index contributed by atoms with van der Waals surface area (Å²) in [5.41, 5.74) is 7.35. The quantitative estimate of drug-likeness (QED) is 0.769. The number of aliphatic hydroxyl groups excluding tert-OH is 1. The summed E-state index contributed by atoms with van der Waals surface area (Å²) >= 11 is 0. The molecule has 2 aromatic carbocycles. The third kappa shape index (κ3) is 2.02. The molecule has 0 amide bonds.